The molecule has 0 aliphatic heterocycles. The molecule has 0 saturated carbocycles. The largest absolute Gasteiger partial charge is 0.306 e. The van der Waals surface area contributed by atoms with Crippen LogP contribution in [0, 0.1) is 15.9 Å². The molecule has 1 aromatic carbocycles. The summed E-state index contributed by atoms with van der Waals surface area (Å²) in [6, 6.07) is 2.43. The van der Waals surface area contributed by atoms with E-state index in [9.17, 15) is 14.5 Å². The summed E-state index contributed by atoms with van der Waals surface area (Å²) in [6.07, 6.45) is 1.50. The predicted molar refractivity (Wildman–Crippen MR) is 68.1 cm³/mol. The summed E-state index contributed by atoms with van der Waals surface area (Å²) in [7, 11) is 0. The highest BCUT2D eigenvalue weighted by atomic mass is 19.1. The van der Waals surface area contributed by atoms with Crippen LogP contribution in [0.15, 0.2) is 18.3 Å². The third-order valence-corrected chi connectivity index (χ3v) is 2.35. The molecule has 0 spiro atoms. The van der Waals surface area contributed by atoms with E-state index in [0.717, 1.165) is 6.07 Å². The van der Waals surface area contributed by atoms with Gasteiger partial charge < -0.3 is 0 Å². The lowest BCUT2D eigenvalue weighted by Gasteiger charge is -2.06. The van der Waals surface area contributed by atoms with E-state index in [4.69, 9.17) is 0 Å². The predicted octanol–water partition coefficient (Wildman–Crippen LogP) is 3.69. The molecule has 2 rings (SSSR count). The van der Waals surface area contributed by atoms with E-state index >= 15 is 0 Å². The standard InChI is InChI=1S/C10H10FN3O2.C2H6/c1-6(2)13-9-4-10(14(15)16)8(11)3-7(9)5-12-13;1-2/h3-6H,1-2H3;1-2H3. The molecule has 0 radical (unpaired) electrons. The van der Waals surface area contributed by atoms with Gasteiger partial charge in [0.05, 0.1) is 16.6 Å². The number of fused-ring (bicyclic) bond motifs is 1. The minimum Gasteiger partial charge on any atom is -0.262 e. The zero-order chi connectivity index (χ0) is 13.9. The second-order valence-corrected chi connectivity index (χ2v) is 3.80. The lowest BCUT2D eigenvalue weighted by atomic mass is 10.2. The smallest absolute Gasteiger partial charge is 0.262 e. The number of hydrogen-bond acceptors (Lipinski definition) is 3. The Balaban J connectivity index is 0.000000771. The van der Waals surface area contributed by atoms with Gasteiger partial charge in [0.1, 0.15) is 0 Å². The first-order valence-electron chi connectivity index (χ1n) is 5.82. The highest BCUT2D eigenvalue weighted by Crippen LogP contribution is 2.25. The summed E-state index contributed by atoms with van der Waals surface area (Å²) in [4.78, 5) is 9.87. The van der Waals surface area contributed by atoms with Crippen LogP contribution in [0.5, 0.6) is 0 Å². The quantitative estimate of drug-likeness (QED) is 0.605. The van der Waals surface area contributed by atoms with Crippen LogP contribution in [0.1, 0.15) is 33.7 Å². The van der Waals surface area contributed by atoms with Gasteiger partial charge in [-0.25, -0.2) is 0 Å². The van der Waals surface area contributed by atoms with Crippen LogP contribution in [0.3, 0.4) is 0 Å². The lowest BCUT2D eigenvalue weighted by molar-refractivity contribution is -0.387. The third-order valence-electron chi connectivity index (χ3n) is 2.35. The molecule has 0 aliphatic carbocycles. The summed E-state index contributed by atoms with van der Waals surface area (Å²) < 4.78 is 14.9. The fourth-order valence-electron chi connectivity index (χ4n) is 1.61. The van der Waals surface area contributed by atoms with Crippen molar-refractivity contribution in [3.63, 3.8) is 0 Å². The van der Waals surface area contributed by atoms with E-state index in [2.05, 4.69) is 5.10 Å². The molecule has 0 amide bonds. The van der Waals surface area contributed by atoms with Crippen molar-refractivity contribution in [3.05, 3.63) is 34.3 Å². The van der Waals surface area contributed by atoms with Gasteiger partial charge in [-0.15, -0.1) is 0 Å². The average Bonchev–Trinajstić information content (AvgIpc) is 2.73. The van der Waals surface area contributed by atoms with Crippen molar-refractivity contribution in [2.75, 3.05) is 0 Å². The third kappa shape index (κ3) is 2.47. The molecule has 18 heavy (non-hydrogen) atoms. The molecule has 5 nitrogen and oxygen atoms in total. The Kier molecular flexibility index (Phi) is 4.36. The van der Waals surface area contributed by atoms with E-state index in [1.807, 2.05) is 27.7 Å². The van der Waals surface area contributed by atoms with Crippen LogP contribution in [0.4, 0.5) is 10.1 Å². The molecule has 0 atom stereocenters. The van der Waals surface area contributed by atoms with Gasteiger partial charge >= 0.3 is 5.69 Å². The minimum atomic E-state index is -0.833. The molecule has 2 aromatic rings. The summed E-state index contributed by atoms with van der Waals surface area (Å²) in [5, 5.41) is 15.2. The Labute approximate surface area is 104 Å². The van der Waals surface area contributed by atoms with Gasteiger partial charge in [-0.2, -0.15) is 9.49 Å². The molecule has 0 fully saturated rings. The average molecular weight is 253 g/mol. The van der Waals surface area contributed by atoms with Crippen LogP contribution in [0.25, 0.3) is 10.9 Å². The highest BCUT2D eigenvalue weighted by molar-refractivity contribution is 5.81. The van der Waals surface area contributed by atoms with E-state index in [1.165, 1.54) is 12.3 Å². The Morgan fingerprint density at radius 1 is 1.39 bits per heavy atom. The maximum atomic E-state index is 13.3. The minimum absolute atomic E-state index is 0.0718. The number of hydrogen-bond donors (Lipinski definition) is 0. The second-order valence-electron chi connectivity index (χ2n) is 3.80. The number of benzene rings is 1. The summed E-state index contributed by atoms with van der Waals surface area (Å²) >= 11 is 0. The zero-order valence-corrected chi connectivity index (χ0v) is 10.8. The maximum Gasteiger partial charge on any atom is 0.306 e. The SMILES string of the molecule is CC.CC(C)n1ncc2cc(F)c([N+](=O)[O-])cc21. The molecule has 1 aromatic heterocycles. The van der Waals surface area contributed by atoms with Gasteiger partial charge in [0.25, 0.3) is 0 Å². The molecule has 0 saturated heterocycles. The Bertz CT molecular complexity index is 564. The number of rotatable bonds is 2. The van der Waals surface area contributed by atoms with Crippen molar-refractivity contribution < 1.29 is 9.31 Å². The summed E-state index contributed by atoms with van der Waals surface area (Å²) in [5.74, 6) is -0.833. The Hall–Kier alpha value is -1.98. The van der Waals surface area contributed by atoms with Gasteiger partial charge in [-0.05, 0) is 19.9 Å². The van der Waals surface area contributed by atoms with Crippen LogP contribution < -0.4 is 0 Å². The molecule has 98 valence electrons. The van der Waals surface area contributed by atoms with Crippen molar-refractivity contribution in [1.82, 2.24) is 9.78 Å². The fourth-order valence-corrected chi connectivity index (χ4v) is 1.61. The lowest BCUT2D eigenvalue weighted by Crippen LogP contribution is -2.02. The number of halogens is 1. The fraction of sp³-hybridized carbons (Fsp3) is 0.417. The molecule has 0 unspecified atom stereocenters. The molecule has 1 heterocycles. The van der Waals surface area contributed by atoms with Crippen molar-refractivity contribution in [2.45, 2.75) is 33.7 Å². The molecule has 0 bridgehead atoms. The van der Waals surface area contributed by atoms with Gasteiger partial charge in [0.15, 0.2) is 0 Å². The van der Waals surface area contributed by atoms with E-state index in [1.54, 1.807) is 4.68 Å². The molecule has 0 aliphatic rings. The van der Waals surface area contributed by atoms with Gasteiger partial charge in [-0.1, -0.05) is 13.8 Å². The van der Waals surface area contributed by atoms with Crippen molar-refractivity contribution in [1.29, 1.82) is 0 Å². The summed E-state index contributed by atoms with van der Waals surface area (Å²) in [5.41, 5.74) is 0.0537. The monoisotopic (exact) mass is 253 g/mol. The van der Waals surface area contributed by atoms with E-state index in [-0.39, 0.29) is 6.04 Å². The van der Waals surface area contributed by atoms with E-state index in [0.29, 0.717) is 10.9 Å². The first-order valence-corrected chi connectivity index (χ1v) is 5.82. The topological polar surface area (TPSA) is 61.0 Å². The number of nitrogens with zero attached hydrogens (tertiary/aromatic N) is 3. The number of aromatic nitrogens is 2. The second kappa shape index (κ2) is 5.57. The van der Waals surface area contributed by atoms with Crippen molar-refractivity contribution >= 4 is 16.6 Å². The summed E-state index contributed by atoms with van der Waals surface area (Å²) in [6.45, 7) is 7.81. The van der Waals surface area contributed by atoms with Crippen molar-refractivity contribution in [3.8, 4) is 0 Å². The van der Waals surface area contributed by atoms with Crippen molar-refractivity contribution in [2.24, 2.45) is 0 Å². The molecule has 6 heteroatoms. The van der Waals surface area contributed by atoms with Crippen LogP contribution in [-0.2, 0) is 0 Å². The van der Waals surface area contributed by atoms with E-state index < -0.39 is 16.4 Å². The highest BCUT2D eigenvalue weighted by Gasteiger charge is 2.17. The van der Waals surface area contributed by atoms with Gasteiger partial charge in [-0.3, -0.25) is 14.8 Å². The number of nitro groups is 1. The Morgan fingerprint density at radius 3 is 2.50 bits per heavy atom. The first-order chi connectivity index (χ1) is 8.50. The molecular weight excluding hydrogens is 237 g/mol. The van der Waals surface area contributed by atoms with Gasteiger partial charge in [0, 0.05) is 17.5 Å². The number of nitro benzene ring substituents is 1. The van der Waals surface area contributed by atoms with Crippen LogP contribution in [-0.4, -0.2) is 14.7 Å². The Morgan fingerprint density at radius 2 is 2.00 bits per heavy atom. The first kappa shape index (κ1) is 14.1. The van der Waals surface area contributed by atoms with Gasteiger partial charge in [0.2, 0.25) is 5.82 Å². The molecule has 0 N–H and O–H groups in total. The van der Waals surface area contributed by atoms with Crippen LogP contribution in [0.2, 0.25) is 0 Å². The zero-order valence-electron chi connectivity index (χ0n) is 10.8. The maximum absolute atomic E-state index is 13.3. The van der Waals surface area contributed by atoms with Crippen LogP contribution >= 0.6 is 0 Å². The normalized spacial score (nSPS) is 10.3. The molecular formula is C12H16FN3O2.